The first kappa shape index (κ1) is 16.4. The Morgan fingerprint density at radius 1 is 1.22 bits per heavy atom. The highest BCUT2D eigenvalue weighted by Gasteiger charge is 2.11. The molecule has 0 aromatic rings. The van der Waals surface area contributed by atoms with Crippen molar-refractivity contribution in [2.24, 2.45) is 0 Å². The minimum atomic E-state index is -1.03. The number of carboxylic acids is 1. The molecule has 0 aromatic carbocycles. The molecule has 0 rings (SSSR count). The van der Waals surface area contributed by atoms with Crippen LogP contribution in [-0.2, 0) is 9.59 Å². The van der Waals surface area contributed by atoms with Crippen molar-refractivity contribution in [3.8, 4) is 0 Å². The van der Waals surface area contributed by atoms with Crippen LogP contribution >= 0.6 is 0 Å². The Morgan fingerprint density at radius 3 is 2.39 bits per heavy atom. The van der Waals surface area contributed by atoms with Gasteiger partial charge in [-0.2, -0.15) is 0 Å². The van der Waals surface area contributed by atoms with Crippen molar-refractivity contribution >= 4 is 17.8 Å². The predicted molar refractivity (Wildman–Crippen MR) is 69.5 cm³/mol. The van der Waals surface area contributed by atoms with E-state index >= 15 is 0 Å². The van der Waals surface area contributed by atoms with Crippen LogP contribution in [0, 0.1) is 5.41 Å². The van der Waals surface area contributed by atoms with E-state index in [0.717, 1.165) is 25.7 Å². The Bertz CT molecular complexity index is 292. The average molecular weight is 257 g/mol. The van der Waals surface area contributed by atoms with Gasteiger partial charge in [-0.1, -0.05) is 32.6 Å². The molecule has 0 radical (unpaired) electrons. The van der Waals surface area contributed by atoms with Crippen molar-refractivity contribution < 1.29 is 14.7 Å². The number of nitrogens with one attached hydrogen (secondary N) is 2. The number of hydrogen-bond acceptors (Lipinski definition) is 3. The fourth-order valence-corrected chi connectivity index (χ4v) is 1.46. The summed E-state index contributed by atoms with van der Waals surface area (Å²) in [4.78, 5) is 23.0. The van der Waals surface area contributed by atoms with Crippen LogP contribution in [0.5, 0.6) is 0 Å². The number of aliphatic carboxylic acids is 1. The van der Waals surface area contributed by atoms with E-state index < -0.39 is 5.97 Å². The van der Waals surface area contributed by atoms with Gasteiger partial charge in [0.2, 0.25) is 5.91 Å². The molecule has 0 heterocycles. The summed E-state index contributed by atoms with van der Waals surface area (Å²) in [6, 6.07) is 0. The largest absolute Gasteiger partial charge is 0.480 e. The highest BCUT2D eigenvalue weighted by atomic mass is 16.4. The first-order valence-corrected chi connectivity index (χ1v) is 6.28. The normalized spacial score (nSPS) is 9.89. The molecule has 6 heteroatoms. The van der Waals surface area contributed by atoms with Gasteiger partial charge in [0.1, 0.15) is 6.54 Å². The topological polar surface area (TPSA) is 93.5 Å². The number of unbranched alkanes of at least 4 members (excludes halogenated alkanes) is 4. The maximum absolute atomic E-state index is 11.5. The number of nitrogens with zero attached hydrogens (tertiary/aromatic N) is 1. The number of likely N-dealkylation sites (N-methyl/N-ethyl adjacent to an activating group) is 1. The minimum absolute atomic E-state index is 0.170. The number of carbonyl (C=O) groups excluding carboxylic acids is 1. The summed E-state index contributed by atoms with van der Waals surface area (Å²) in [7, 11) is 1.46. The summed E-state index contributed by atoms with van der Waals surface area (Å²) in [6.45, 7) is 1.84. The van der Waals surface area contributed by atoms with Gasteiger partial charge in [-0.25, -0.2) is 0 Å². The lowest BCUT2D eigenvalue weighted by molar-refractivity contribution is -0.137. The van der Waals surface area contributed by atoms with Crippen LogP contribution in [-0.4, -0.2) is 41.4 Å². The zero-order chi connectivity index (χ0) is 14.0. The molecule has 0 aliphatic carbocycles. The third-order valence-corrected chi connectivity index (χ3v) is 2.52. The SMILES string of the molecule is CCCCCCCC(=O)NC(=N)N(C)CC(=O)O. The van der Waals surface area contributed by atoms with E-state index in [1.165, 1.54) is 18.4 Å². The first-order chi connectivity index (χ1) is 8.47. The molecule has 0 aliphatic rings. The van der Waals surface area contributed by atoms with Crippen molar-refractivity contribution in [2.45, 2.75) is 45.4 Å². The molecule has 18 heavy (non-hydrogen) atoms. The lowest BCUT2D eigenvalue weighted by atomic mass is 10.1. The average Bonchev–Trinajstić information content (AvgIpc) is 2.27. The van der Waals surface area contributed by atoms with Gasteiger partial charge in [0.15, 0.2) is 5.96 Å². The number of rotatable bonds is 8. The lowest BCUT2D eigenvalue weighted by Crippen LogP contribution is -2.43. The van der Waals surface area contributed by atoms with Crippen LogP contribution in [0.3, 0.4) is 0 Å². The van der Waals surface area contributed by atoms with Gasteiger partial charge in [0.25, 0.3) is 0 Å². The molecule has 0 saturated heterocycles. The number of amides is 1. The zero-order valence-corrected chi connectivity index (χ0v) is 11.2. The summed E-state index contributed by atoms with van der Waals surface area (Å²) in [5.41, 5.74) is 0. The fraction of sp³-hybridized carbons (Fsp3) is 0.750. The van der Waals surface area contributed by atoms with E-state index in [4.69, 9.17) is 10.5 Å². The maximum atomic E-state index is 11.5. The van der Waals surface area contributed by atoms with Crippen molar-refractivity contribution in [3.05, 3.63) is 0 Å². The van der Waals surface area contributed by atoms with E-state index in [1.807, 2.05) is 0 Å². The molecule has 0 aliphatic heterocycles. The quantitative estimate of drug-likeness (QED) is 0.348. The molecule has 0 atom stereocenters. The summed E-state index contributed by atoms with van der Waals surface area (Å²) in [6.07, 6.45) is 5.67. The highest BCUT2D eigenvalue weighted by Crippen LogP contribution is 2.04. The number of carboxylic acid groups (broad SMARTS) is 1. The molecule has 104 valence electrons. The van der Waals surface area contributed by atoms with Crippen LogP contribution < -0.4 is 5.32 Å². The van der Waals surface area contributed by atoms with Crippen molar-refractivity contribution in [1.29, 1.82) is 5.41 Å². The molecule has 0 bridgehead atoms. The Labute approximate surface area is 108 Å². The Kier molecular flexibility index (Phi) is 8.61. The predicted octanol–water partition coefficient (Wildman–Crippen LogP) is 1.41. The standard InChI is InChI=1S/C12H23N3O3/c1-3-4-5-6-7-8-10(16)14-12(13)15(2)9-11(17)18/h3-9H2,1-2H3,(H,17,18)(H2,13,14,16). The molecular weight excluding hydrogens is 234 g/mol. The van der Waals surface area contributed by atoms with E-state index in [0.29, 0.717) is 6.42 Å². The van der Waals surface area contributed by atoms with E-state index in [9.17, 15) is 9.59 Å². The molecular formula is C12H23N3O3. The summed E-state index contributed by atoms with van der Waals surface area (Å²) >= 11 is 0. The lowest BCUT2D eigenvalue weighted by Gasteiger charge is -2.17. The molecule has 0 aromatic heterocycles. The van der Waals surface area contributed by atoms with E-state index in [-0.39, 0.29) is 18.4 Å². The second-order valence-electron chi connectivity index (χ2n) is 4.31. The monoisotopic (exact) mass is 257 g/mol. The zero-order valence-electron chi connectivity index (χ0n) is 11.2. The number of carbonyl (C=O) groups is 2. The van der Waals surface area contributed by atoms with Crippen LogP contribution in [0.1, 0.15) is 45.4 Å². The van der Waals surface area contributed by atoms with Crippen LogP contribution in [0.2, 0.25) is 0 Å². The molecule has 0 spiro atoms. The third-order valence-electron chi connectivity index (χ3n) is 2.52. The van der Waals surface area contributed by atoms with E-state index in [1.54, 1.807) is 0 Å². The van der Waals surface area contributed by atoms with Crippen LogP contribution in [0.25, 0.3) is 0 Å². The maximum Gasteiger partial charge on any atom is 0.323 e. The fourth-order valence-electron chi connectivity index (χ4n) is 1.46. The van der Waals surface area contributed by atoms with Crippen molar-refractivity contribution in [3.63, 3.8) is 0 Å². The molecule has 1 amide bonds. The Morgan fingerprint density at radius 2 is 1.83 bits per heavy atom. The van der Waals surface area contributed by atoms with Gasteiger partial charge < -0.3 is 10.0 Å². The Balaban J connectivity index is 3.73. The molecule has 0 saturated carbocycles. The second-order valence-corrected chi connectivity index (χ2v) is 4.31. The summed E-state index contributed by atoms with van der Waals surface area (Å²) in [5.74, 6) is -1.43. The van der Waals surface area contributed by atoms with Gasteiger partial charge in [-0.3, -0.25) is 20.3 Å². The highest BCUT2D eigenvalue weighted by molar-refractivity contribution is 5.96. The van der Waals surface area contributed by atoms with Crippen molar-refractivity contribution in [2.75, 3.05) is 13.6 Å². The van der Waals surface area contributed by atoms with E-state index in [2.05, 4.69) is 12.2 Å². The van der Waals surface area contributed by atoms with Crippen LogP contribution in [0.4, 0.5) is 0 Å². The molecule has 3 N–H and O–H groups in total. The molecule has 0 fully saturated rings. The molecule has 0 unspecified atom stereocenters. The second kappa shape index (κ2) is 9.44. The van der Waals surface area contributed by atoms with Gasteiger partial charge in [0, 0.05) is 13.5 Å². The van der Waals surface area contributed by atoms with Gasteiger partial charge in [0.05, 0.1) is 0 Å². The smallest absolute Gasteiger partial charge is 0.323 e. The number of guanidine groups is 1. The van der Waals surface area contributed by atoms with Crippen LogP contribution in [0.15, 0.2) is 0 Å². The van der Waals surface area contributed by atoms with Gasteiger partial charge >= 0.3 is 5.97 Å². The minimum Gasteiger partial charge on any atom is -0.480 e. The first-order valence-electron chi connectivity index (χ1n) is 6.28. The number of hydrogen-bond donors (Lipinski definition) is 3. The summed E-state index contributed by atoms with van der Waals surface area (Å²) < 4.78 is 0. The third kappa shape index (κ3) is 8.55. The van der Waals surface area contributed by atoms with Crippen molar-refractivity contribution in [1.82, 2.24) is 10.2 Å². The Hall–Kier alpha value is -1.59. The van der Waals surface area contributed by atoms with Gasteiger partial charge in [-0.15, -0.1) is 0 Å². The van der Waals surface area contributed by atoms with Gasteiger partial charge in [-0.05, 0) is 6.42 Å². The summed E-state index contributed by atoms with van der Waals surface area (Å²) in [5, 5.41) is 18.4. The molecule has 6 nitrogen and oxygen atoms in total.